The highest BCUT2D eigenvalue weighted by Gasteiger charge is 2.37. The molecule has 1 saturated heterocycles. The molecule has 0 aliphatic carbocycles. The normalized spacial score (nSPS) is 16.3. The predicted octanol–water partition coefficient (Wildman–Crippen LogP) is 6.32. The first-order chi connectivity index (χ1) is 14.5. The molecule has 10 heteroatoms. The zero-order valence-electron chi connectivity index (χ0n) is 16.6. The van der Waals surface area contributed by atoms with Crippen LogP contribution in [-0.4, -0.2) is 30.1 Å². The van der Waals surface area contributed by atoms with Crippen LogP contribution in [0.1, 0.15) is 41.3 Å². The highest BCUT2D eigenvalue weighted by Crippen LogP contribution is 2.40. The van der Waals surface area contributed by atoms with Crippen LogP contribution in [0, 0.1) is 0 Å². The monoisotopic (exact) mass is 460 g/mol. The summed E-state index contributed by atoms with van der Waals surface area (Å²) in [5, 5.41) is 9.22. The Hall–Kier alpha value is -2.49. The van der Waals surface area contributed by atoms with E-state index in [2.05, 4.69) is 4.72 Å². The van der Waals surface area contributed by atoms with Crippen molar-refractivity contribution in [2.75, 3.05) is 22.7 Å². The number of nitrogens with one attached hydrogen (secondary N) is 1. The lowest BCUT2D eigenvalue weighted by Crippen LogP contribution is -2.42. The average molecular weight is 460 g/mol. The van der Waals surface area contributed by atoms with Gasteiger partial charge in [0.15, 0.2) is 0 Å². The number of piperidine rings is 1. The van der Waals surface area contributed by atoms with Crippen LogP contribution in [0.3, 0.4) is 0 Å². The molecule has 1 heterocycles. The lowest BCUT2D eigenvalue weighted by Gasteiger charge is -2.35. The average Bonchev–Trinajstić information content (AvgIpc) is 2.70. The van der Waals surface area contributed by atoms with E-state index in [1.807, 2.05) is 6.92 Å². The lowest BCUT2D eigenvalue weighted by atomic mass is 10.1. The van der Waals surface area contributed by atoms with Crippen LogP contribution in [0.25, 0.3) is 0 Å². The fourth-order valence-corrected chi connectivity index (χ4v) is 4.34. The minimum atomic E-state index is -4.59. The highest BCUT2D eigenvalue weighted by molar-refractivity contribution is 8.00. The molecular formula is C21H21F5N2O2S. The number of alkyl halides is 5. The van der Waals surface area contributed by atoms with Gasteiger partial charge < -0.3 is 14.7 Å². The maximum Gasteiger partial charge on any atom is 0.416 e. The van der Waals surface area contributed by atoms with Gasteiger partial charge in [-0.05, 0) is 60.7 Å². The Morgan fingerprint density at radius 2 is 1.97 bits per heavy atom. The maximum atomic E-state index is 13.9. The summed E-state index contributed by atoms with van der Waals surface area (Å²) in [5.74, 6) is -4.05. The molecule has 168 valence electrons. The third-order valence-corrected chi connectivity index (χ3v) is 5.95. The molecule has 4 nitrogen and oxygen atoms in total. The van der Waals surface area contributed by atoms with Crippen molar-refractivity contribution < 1.29 is 31.9 Å². The van der Waals surface area contributed by atoms with Crippen molar-refractivity contribution >= 4 is 29.3 Å². The van der Waals surface area contributed by atoms with Gasteiger partial charge in [-0.3, -0.25) is 0 Å². The smallest absolute Gasteiger partial charge is 0.416 e. The second kappa shape index (κ2) is 8.94. The van der Waals surface area contributed by atoms with Crippen LogP contribution in [0.15, 0.2) is 41.3 Å². The number of nitrogens with zero attached hydrogens (tertiary/aromatic N) is 1. The van der Waals surface area contributed by atoms with Gasteiger partial charge in [-0.15, -0.1) is 0 Å². The first-order valence-corrected chi connectivity index (χ1v) is 10.4. The van der Waals surface area contributed by atoms with Crippen LogP contribution in [0.4, 0.5) is 33.3 Å². The number of hydrogen-bond acceptors (Lipinski definition) is 4. The first-order valence-electron chi connectivity index (χ1n) is 9.63. The van der Waals surface area contributed by atoms with E-state index in [1.165, 1.54) is 23.1 Å². The molecular weight excluding hydrogens is 439 g/mol. The molecule has 2 aromatic rings. The Bertz CT molecular complexity index is 965. The van der Waals surface area contributed by atoms with Crippen molar-refractivity contribution in [3.63, 3.8) is 0 Å². The van der Waals surface area contributed by atoms with Gasteiger partial charge in [-0.2, -0.15) is 13.2 Å². The summed E-state index contributed by atoms with van der Waals surface area (Å²) in [6.07, 6.45) is -4.05. The number of carbonyl (C=O) groups is 1. The summed E-state index contributed by atoms with van der Waals surface area (Å²) >= 11 is 0.959. The Labute approximate surface area is 180 Å². The number of anilines is 2. The van der Waals surface area contributed by atoms with Gasteiger partial charge in [0.2, 0.25) is 0 Å². The number of aryl methyl sites for hydroxylation is 1. The quantitative estimate of drug-likeness (QED) is 0.390. The van der Waals surface area contributed by atoms with Crippen LogP contribution >= 0.6 is 11.9 Å². The van der Waals surface area contributed by atoms with E-state index < -0.39 is 30.2 Å². The third-order valence-electron chi connectivity index (χ3n) is 5.02. The molecule has 31 heavy (non-hydrogen) atoms. The summed E-state index contributed by atoms with van der Waals surface area (Å²) < 4.78 is 70.4. The van der Waals surface area contributed by atoms with Crippen LogP contribution in [0.2, 0.25) is 0 Å². The first kappa shape index (κ1) is 23.2. The van der Waals surface area contributed by atoms with Gasteiger partial charge in [-0.1, -0.05) is 13.0 Å². The zero-order valence-corrected chi connectivity index (χ0v) is 17.4. The van der Waals surface area contributed by atoms with Crippen molar-refractivity contribution in [3.8, 4) is 0 Å². The summed E-state index contributed by atoms with van der Waals surface area (Å²) in [4.78, 5) is 13.2. The van der Waals surface area contributed by atoms with E-state index in [1.54, 1.807) is 6.07 Å². The summed E-state index contributed by atoms with van der Waals surface area (Å²) in [6.45, 7) is 1.59. The molecule has 0 atom stereocenters. The fraction of sp³-hybridized carbons (Fsp3) is 0.381. The molecule has 1 fully saturated rings. The van der Waals surface area contributed by atoms with E-state index >= 15 is 0 Å². The minimum absolute atomic E-state index is 0.0420. The number of benzene rings is 2. The molecule has 0 radical (unpaired) electrons. The van der Waals surface area contributed by atoms with E-state index in [-0.39, 0.29) is 29.8 Å². The van der Waals surface area contributed by atoms with Gasteiger partial charge in [0.25, 0.3) is 5.92 Å². The third kappa shape index (κ3) is 5.61. The number of carboxylic acid groups (broad SMARTS) is 1. The second-order valence-electron chi connectivity index (χ2n) is 7.30. The molecule has 0 saturated carbocycles. The molecule has 2 aromatic carbocycles. The number of rotatable bonds is 6. The Morgan fingerprint density at radius 3 is 2.58 bits per heavy atom. The lowest BCUT2D eigenvalue weighted by molar-refractivity contribution is -0.137. The Morgan fingerprint density at radius 1 is 1.23 bits per heavy atom. The van der Waals surface area contributed by atoms with Crippen molar-refractivity contribution in [1.82, 2.24) is 0 Å². The van der Waals surface area contributed by atoms with Crippen molar-refractivity contribution in [2.24, 2.45) is 0 Å². The van der Waals surface area contributed by atoms with Gasteiger partial charge in [0.05, 0.1) is 29.0 Å². The van der Waals surface area contributed by atoms with Crippen LogP contribution in [-0.2, 0) is 12.6 Å². The topological polar surface area (TPSA) is 52.6 Å². The summed E-state index contributed by atoms with van der Waals surface area (Å²) in [6, 6.07) is 7.49. The molecule has 0 spiro atoms. The van der Waals surface area contributed by atoms with Crippen molar-refractivity contribution in [1.29, 1.82) is 0 Å². The fourth-order valence-electron chi connectivity index (χ4n) is 3.43. The van der Waals surface area contributed by atoms with Gasteiger partial charge >= 0.3 is 12.1 Å². The van der Waals surface area contributed by atoms with Gasteiger partial charge in [-0.25, -0.2) is 13.6 Å². The minimum Gasteiger partial charge on any atom is -0.478 e. The molecule has 0 aromatic heterocycles. The largest absolute Gasteiger partial charge is 0.478 e. The molecule has 0 unspecified atom stereocenters. The van der Waals surface area contributed by atoms with Crippen molar-refractivity contribution in [2.45, 2.75) is 43.2 Å². The van der Waals surface area contributed by atoms with E-state index in [9.17, 15) is 31.9 Å². The molecule has 2 N–H and O–H groups in total. The SMILES string of the molecule is CCc1ccc(C(=O)O)cc1SNc1cc(C(F)(F)F)ccc1N1CCCC(F)(F)C1. The predicted molar refractivity (Wildman–Crippen MR) is 110 cm³/mol. The second-order valence-corrected chi connectivity index (χ2v) is 8.14. The Balaban J connectivity index is 1.95. The van der Waals surface area contributed by atoms with E-state index in [4.69, 9.17) is 0 Å². The number of hydrogen-bond donors (Lipinski definition) is 2. The maximum absolute atomic E-state index is 13.9. The van der Waals surface area contributed by atoms with Gasteiger partial charge in [0.1, 0.15) is 0 Å². The number of carboxylic acids is 1. The zero-order chi connectivity index (χ0) is 22.8. The molecule has 1 aliphatic rings. The summed E-state index contributed by atoms with van der Waals surface area (Å²) in [7, 11) is 0. The van der Waals surface area contributed by atoms with Gasteiger partial charge in [0, 0.05) is 17.9 Å². The van der Waals surface area contributed by atoms with Crippen molar-refractivity contribution in [3.05, 3.63) is 53.1 Å². The molecule has 3 rings (SSSR count). The van der Waals surface area contributed by atoms with E-state index in [0.717, 1.165) is 29.6 Å². The number of halogens is 5. The Kier molecular flexibility index (Phi) is 6.68. The summed E-state index contributed by atoms with van der Waals surface area (Å²) in [5.41, 5.74) is 0.229. The standard InChI is InChI=1S/C21H21F5N2O2S/c1-2-13-4-5-14(19(29)30)10-18(13)31-27-16-11-15(21(24,25)26)6-7-17(16)28-9-3-8-20(22,23)12-28/h4-7,10-11,27H,2-3,8-9,12H2,1H3,(H,29,30). The van der Waals surface area contributed by atoms with Crippen LogP contribution < -0.4 is 9.62 Å². The molecule has 1 aliphatic heterocycles. The highest BCUT2D eigenvalue weighted by atomic mass is 32.2. The van der Waals surface area contributed by atoms with Crippen LogP contribution in [0.5, 0.6) is 0 Å². The molecule has 0 amide bonds. The van der Waals surface area contributed by atoms with E-state index in [0.29, 0.717) is 17.9 Å². The number of aromatic carboxylic acids is 1. The molecule has 0 bridgehead atoms.